The molecule has 0 bridgehead atoms. The molecule has 106 valence electrons. The van der Waals surface area contributed by atoms with Crippen molar-refractivity contribution >= 4 is 28.2 Å². The zero-order valence-electron chi connectivity index (χ0n) is 10.3. The van der Waals surface area contributed by atoms with Crippen molar-refractivity contribution in [3.8, 4) is 0 Å². The summed E-state index contributed by atoms with van der Waals surface area (Å²) in [5.41, 5.74) is 6.43. The van der Waals surface area contributed by atoms with Gasteiger partial charge in [-0.2, -0.15) is 22.5 Å². The van der Waals surface area contributed by atoms with Crippen LogP contribution in [-0.2, 0) is 6.18 Å². The number of hydrogen-bond donors (Lipinski definition) is 2. The van der Waals surface area contributed by atoms with E-state index in [9.17, 15) is 13.2 Å². The Hall–Kier alpha value is -2.16. The maximum absolute atomic E-state index is 12.5. The van der Waals surface area contributed by atoms with Gasteiger partial charge in [-0.3, -0.25) is 5.41 Å². The average molecular weight is 301 g/mol. The Balaban J connectivity index is 2.31. The van der Waals surface area contributed by atoms with Gasteiger partial charge in [0.25, 0.3) is 0 Å². The lowest BCUT2D eigenvalue weighted by Gasteiger charge is -2.16. The van der Waals surface area contributed by atoms with Crippen LogP contribution < -0.4 is 10.6 Å². The molecule has 0 saturated carbocycles. The van der Waals surface area contributed by atoms with Crippen LogP contribution in [0.15, 0.2) is 24.3 Å². The van der Waals surface area contributed by atoms with Gasteiger partial charge in [0.2, 0.25) is 11.0 Å². The molecular formula is C11H10F3N5S. The van der Waals surface area contributed by atoms with Gasteiger partial charge in [0, 0.05) is 29.8 Å². The van der Waals surface area contributed by atoms with E-state index < -0.39 is 12.0 Å². The summed E-state index contributed by atoms with van der Waals surface area (Å²) in [6.45, 7) is 0. The van der Waals surface area contributed by atoms with Crippen molar-refractivity contribution in [3.05, 3.63) is 35.7 Å². The Morgan fingerprint density at radius 1 is 1.40 bits per heavy atom. The molecular weight excluding hydrogens is 291 g/mol. The summed E-state index contributed by atoms with van der Waals surface area (Å²) in [5.74, 6) is -1.28. The monoisotopic (exact) mass is 301 g/mol. The number of amidine groups is 1. The van der Waals surface area contributed by atoms with Gasteiger partial charge < -0.3 is 10.6 Å². The molecule has 2 aromatic rings. The van der Waals surface area contributed by atoms with Crippen LogP contribution in [0.2, 0.25) is 0 Å². The van der Waals surface area contributed by atoms with Crippen molar-refractivity contribution in [2.45, 2.75) is 6.18 Å². The van der Waals surface area contributed by atoms with Crippen LogP contribution in [0.25, 0.3) is 0 Å². The Bertz CT molecular complexity index is 637. The molecule has 1 aromatic heterocycles. The smallest absolute Gasteiger partial charge is 0.384 e. The van der Waals surface area contributed by atoms with Crippen LogP contribution >= 0.6 is 11.5 Å². The summed E-state index contributed by atoms with van der Waals surface area (Å²) in [4.78, 5) is 4.91. The average Bonchev–Trinajstić information content (AvgIpc) is 2.87. The maximum Gasteiger partial charge on any atom is 0.452 e. The van der Waals surface area contributed by atoms with Crippen LogP contribution in [0.1, 0.15) is 11.4 Å². The number of benzene rings is 1. The summed E-state index contributed by atoms with van der Waals surface area (Å²) in [5, 5.41) is 7.46. The molecule has 0 radical (unpaired) electrons. The van der Waals surface area contributed by atoms with Crippen molar-refractivity contribution in [2.24, 2.45) is 5.73 Å². The highest BCUT2D eigenvalue weighted by atomic mass is 32.1. The SMILES string of the molecule is CN(c1cccc(C(=N)N)c1)c1nc(C(F)(F)F)ns1. The molecule has 1 aromatic carbocycles. The molecule has 9 heteroatoms. The van der Waals surface area contributed by atoms with Gasteiger partial charge in [-0.05, 0) is 12.1 Å². The number of aromatic nitrogens is 2. The quantitative estimate of drug-likeness (QED) is 0.674. The third-order valence-corrected chi connectivity index (χ3v) is 3.29. The minimum Gasteiger partial charge on any atom is -0.384 e. The summed E-state index contributed by atoms with van der Waals surface area (Å²) < 4.78 is 40.7. The fourth-order valence-electron chi connectivity index (χ4n) is 1.46. The number of hydrogen-bond acceptors (Lipinski definition) is 5. The fourth-order valence-corrected chi connectivity index (χ4v) is 2.13. The summed E-state index contributed by atoms with van der Waals surface area (Å²) in [7, 11) is 1.57. The predicted octanol–water partition coefficient (Wildman–Crippen LogP) is 2.61. The highest BCUT2D eigenvalue weighted by Crippen LogP contribution is 2.32. The van der Waals surface area contributed by atoms with Crippen LogP contribution in [0.4, 0.5) is 24.0 Å². The maximum atomic E-state index is 12.5. The molecule has 5 nitrogen and oxygen atoms in total. The Kier molecular flexibility index (Phi) is 3.62. The van der Waals surface area contributed by atoms with E-state index in [0.717, 1.165) is 0 Å². The molecule has 0 aliphatic carbocycles. The lowest BCUT2D eigenvalue weighted by Crippen LogP contribution is -2.14. The van der Waals surface area contributed by atoms with Gasteiger partial charge in [-0.1, -0.05) is 12.1 Å². The van der Waals surface area contributed by atoms with E-state index in [0.29, 0.717) is 22.8 Å². The largest absolute Gasteiger partial charge is 0.452 e. The lowest BCUT2D eigenvalue weighted by atomic mass is 10.2. The van der Waals surface area contributed by atoms with E-state index in [1.54, 1.807) is 31.3 Å². The van der Waals surface area contributed by atoms with Crippen molar-refractivity contribution in [1.29, 1.82) is 5.41 Å². The van der Waals surface area contributed by atoms with Crippen LogP contribution in [0, 0.1) is 5.41 Å². The lowest BCUT2D eigenvalue weighted by molar-refractivity contribution is -0.144. The van der Waals surface area contributed by atoms with Gasteiger partial charge in [0.15, 0.2) is 0 Å². The zero-order chi connectivity index (χ0) is 14.9. The van der Waals surface area contributed by atoms with E-state index in [1.165, 1.54) is 4.90 Å². The van der Waals surface area contributed by atoms with E-state index in [4.69, 9.17) is 11.1 Å². The molecule has 0 amide bonds. The number of anilines is 2. The third-order valence-electron chi connectivity index (χ3n) is 2.50. The van der Waals surface area contributed by atoms with Crippen molar-refractivity contribution in [2.75, 3.05) is 11.9 Å². The molecule has 0 aliphatic rings. The molecule has 0 fully saturated rings. The van der Waals surface area contributed by atoms with E-state index in [1.807, 2.05) is 0 Å². The molecule has 0 spiro atoms. The Morgan fingerprint density at radius 3 is 2.65 bits per heavy atom. The van der Waals surface area contributed by atoms with E-state index in [2.05, 4.69) is 9.36 Å². The minimum absolute atomic E-state index is 0.109. The second-order valence-corrected chi connectivity index (χ2v) is 4.65. The minimum atomic E-state index is -4.56. The van der Waals surface area contributed by atoms with E-state index >= 15 is 0 Å². The fraction of sp³-hybridized carbons (Fsp3) is 0.182. The zero-order valence-corrected chi connectivity index (χ0v) is 11.1. The molecule has 0 atom stereocenters. The van der Waals surface area contributed by atoms with Crippen molar-refractivity contribution in [1.82, 2.24) is 9.36 Å². The van der Waals surface area contributed by atoms with Gasteiger partial charge in [-0.15, -0.1) is 0 Å². The van der Waals surface area contributed by atoms with Gasteiger partial charge in [0.1, 0.15) is 5.84 Å². The molecule has 0 saturated heterocycles. The predicted molar refractivity (Wildman–Crippen MR) is 70.4 cm³/mol. The number of nitrogens with zero attached hydrogens (tertiary/aromatic N) is 3. The summed E-state index contributed by atoms with van der Waals surface area (Å²) >= 11 is 0.653. The van der Waals surface area contributed by atoms with Gasteiger partial charge in [-0.25, -0.2) is 0 Å². The molecule has 20 heavy (non-hydrogen) atoms. The normalized spacial score (nSPS) is 11.4. The summed E-state index contributed by atoms with van der Waals surface area (Å²) in [6.07, 6.45) is -4.56. The van der Waals surface area contributed by atoms with Gasteiger partial charge in [0.05, 0.1) is 0 Å². The third kappa shape index (κ3) is 2.87. The van der Waals surface area contributed by atoms with Crippen LogP contribution in [0.3, 0.4) is 0 Å². The molecule has 0 unspecified atom stereocenters. The standard InChI is InChI=1S/C11H10F3N5S/c1-19(7-4-2-3-6(5-7)8(15)16)10-17-9(18-20-10)11(12,13)14/h2-5H,1H3,(H3,15,16). The summed E-state index contributed by atoms with van der Waals surface area (Å²) in [6, 6.07) is 6.58. The number of rotatable bonds is 3. The highest BCUT2D eigenvalue weighted by molar-refractivity contribution is 7.09. The first-order chi connectivity index (χ1) is 9.29. The number of nitrogen functional groups attached to an aromatic ring is 1. The second-order valence-electron chi connectivity index (χ2n) is 3.92. The Morgan fingerprint density at radius 2 is 2.10 bits per heavy atom. The number of alkyl halides is 3. The first kappa shape index (κ1) is 14.3. The van der Waals surface area contributed by atoms with Crippen molar-refractivity contribution in [3.63, 3.8) is 0 Å². The number of nitrogens with one attached hydrogen (secondary N) is 1. The molecule has 1 heterocycles. The first-order valence-corrected chi connectivity index (χ1v) is 6.15. The molecule has 2 rings (SSSR count). The molecule has 3 N–H and O–H groups in total. The van der Waals surface area contributed by atoms with Crippen LogP contribution in [-0.4, -0.2) is 22.2 Å². The first-order valence-electron chi connectivity index (χ1n) is 5.38. The van der Waals surface area contributed by atoms with Crippen LogP contribution in [0.5, 0.6) is 0 Å². The number of halogens is 3. The highest BCUT2D eigenvalue weighted by Gasteiger charge is 2.36. The van der Waals surface area contributed by atoms with Gasteiger partial charge >= 0.3 is 6.18 Å². The Labute approximate surface area is 116 Å². The molecule has 0 aliphatic heterocycles. The second kappa shape index (κ2) is 5.08. The topological polar surface area (TPSA) is 78.9 Å². The number of nitrogens with two attached hydrogens (primary N) is 1. The van der Waals surface area contributed by atoms with E-state index in [-0.39, 0.29) is 11.0 Å². The van der Waals surface area contributed by atoms with Crippen molar-refractivity contribution < 1.29 is 13.2 Å².